The molecule has 5 nitrogen and oxygen atoms in total. The van der Waals surface area contributed by atoms with Crippen LogP contribution in [0.2, 0.25) is 5.02 Å². The van der Waals surface area contributed by atoms with Gasteiger partial charge in [-0.1, -0.05) is 23.7 Å². The largest absolute Gasteiger partial charge is 0.387 e. The minimum atomic E-state index is -3.67. The molecule has 1 aromatic heterocycles. The molecule has 0 spiro atoms. The van der Waals surface area contributed by atoms with Gasteiger partial charge in [-0.3, -0.25) is 4.98 Å². The number of pyridine rings is 1. The predicted octanol–water partition coefficient (Wildman–Crippen LogP) is 1.75. The minimum Gasteiger partial charge on any atom is -0.387 e. The van der Waals surface area contributed by atoms with Crippen LogP contribution in [-0.4, -0.2) is 25.1 Å². The zero-order chi connectivity index (χ0) is 14.6. The number of halogens is 1. The summed E-state index contributed by atoms with van der Waals surface area (Å²) in [6.45, 7) is -0.126. The smallest absolute Gasteiger partial charge is 0.242 e. The van der Waals surface area contributed by atoms with Crippen molar-refractivity contribution in [3.63, 3.8) is 0 Å². The van der Waals surface area contributed by atoms with E-state index in [0.717, 1.165) is 0 Å². The van der Waals surface area contributed by atoms with Crippen LogP contribution in [0.5, 0.6) is 0 Å². The fourth-order valence-corrected chi connectivity index (χ4v) is 2.71. The third kappa shape index (κ3) is 3.77. The Morgan fingerprint density at radius 1 is 1.25 bits per heavy atom. The lowest BCUT2D eigenvalue weighted by Crippen LogP contribution is -2.28. The van der Waals surface area contributed by atoms with Gasteiger partial charge in [0.1, 0.15) is 4.90 Å². The van der Waals surface area contributed by atoms with E-state index < -0.39 is 16.1 Å². The molecular formula is C13H13ClN2O3S. The van der Waals surface area contributed by atoms with Gasteiger partial charge >= 0.3 is 0 Å². The second kappa shape index (κ2) is 6.32. The molecule has 1 heterocycles. The maximum Gasteiger partial charge on any atom is 0.242 e. The van der Waals surface area contributed by atoms with Gasteiger partial charge in [0.15, 0.2) is 0 Å². The van der Waals surface area contributed by atoms with Crippen LogP contribution in [0.4, 0.5) is 0 Å². The molecular weight excluding hydrogens is 300 g/mol. The van der Waals surface area contributed by atoms with Crippen LogP contribution in [0.25, 0.3) is 0 Å². The molecule has 0 saturated heterocycles. The van der Waals surface area contributed by atoms with Crippen molar-refractivity contribution in [3.05, 3.63) is 59.4 Å². The molecule has 7 heteroatoms. The van der Waals surface area contributed by atoms with Crippen LogP contribution in [0.3, 0.4) is 0 Å². The molecule has 106 valence electrons. The van der Waals surface area contributed by atoms with Gasteiger partial charge in [-0.05, 0) is 29.8 Å². The zero-order valence-electron chi connectivity index (χ0n) is 10.4. The second-order valence-electron chi connectivity index (χ2n) is 4.11. The predicted molar refractivity (Wildman–Crippen MR) is 75.8 cm³/mol. The Morgan fingerprint density at radius 3 is 2.55 bits per heavy atom. The van der Waals surface area contributed by atoms with Crippen LogP contribution in [0, 0.1) is 0 Å². The van der Waals surface area contributed by atoms with Gasteiger partial charge < -0.3 is 5.11 Å². The average Bonchev–Trinajstić information content (AvgIpc) is 2.46. The molecule has 1 unspecified atom stereocenters. The molecule has 0 fully saturated rings. The summed E-state index contributed by atoms with van der Waals surface area (Å²) in [6, 6.07) is 9.52. The minimum absolute atomic E-state index is 0.0586. The molecule has 2 aromatic rings. The van der Waals surface area contributed by atoms with Crippen molar-refractivity contribution in [1.29, 1.82) is 0 Å². The first-order valence-electron chi connectivity index (χ1n) is 5.82. The van der Waals surface area contributed by atoms with E-state index in [4.69, 9.17) is 11.6 Å². The summed E-state index contributed by atoms with van der Waals surface area (Å²) in [7, 11) is -3.67. The summed E-state index contributed by atoms with van der Waals surface area (Å²) in [5.41, 5.74) is 0.586. The van der Waals surface area contributed by atoms with Gasteiger partial charge in [-0.2, -0.15) is 0 Å². The van der Waals surface area contributed by atoms with E-state index in [0.29, 0.717) is 10.6 Å². The Labute approximate surface area is 122 Å². The molecule has 2 rings (SSSR count). The van der Waals surface area contributed by atoms with Crippen LogP contribution >= 0.6 is 11.6 Å². The number of aliphatic hydroxyl groups is 1. The van der Waals surface area contributed by atoms with Gasteiger partial charge in [0.05, 0.1) is 6.10 Å². The summed E-state index contributed by atoms with van der Waals surface area (Å²) in [6.07, 6.45) is 1.79. The lowest BCUT2D eigenvalue weighted by atomic mass is 10.1. The lowest BCUT2D eigenvalue weighted by Gasteiger charge is -2.12. The number of rotatable bonds is 5. The highest BCUT2D eigenvalue weighted by Gasteiger charge is 2.16. The summed E-state index contributed by atoms with van der Waals surface area (Å²) in [5, 5.41) is 10.5. The van der Waals surface area contributed by atoms with E-state index in [-0.39, 0.29) is 11.4 Å². The molecule has 0 aliphatic rings. The molecule has 0 aliphatic heterocycles. The summed E-state index contributed by atoms with van der Waals surface area (Å²) in [4.78, 5) is 3.81. The molecule has 20 heavy (non-hydrogen) atoms. The number of nitrogens with zero attached hydrogens (tertiary/aromatic N) is 1. The Bertz CT molecular complexity index is 660. The highest BCUT2D eigenvalue weighted by molar-refractivity contribution is 7.89. The molecule has 0 aliphatic carbocycles. The second-order valence-corrected chi connectivity index (χ2v) is 6.31. The van der Waals surface area contributed by atoms with Crippen molar-refractivity contribution in [2.24, 2.45) is 0 Å². The first-order valence-corrected chi connectivity index (χ1v) is 7.68. The van der Waals surface area contributed by atoms with Crippen LogP contribution in [0.1, 0.15) is 11.7 Å². The first kappa shape index (κ1) is 14.9. The summed E-state index contributed by atoms with van der Waals surface area (Å²) >= 11 is 5.75. The summed E-state index contributed by atoms with van der Waals surface area (Å²) < 4.78 is 26.2. The standard InChI is InChI=1S/C13H13ClN2O3S/c14-11-5-3-10(4-6-11)13(17)9-16-20(18,19)12-2-1-7-15-8-12/h1-8,13,16-17H,9H2. The lowest BCUT2D eigenvalue weighted by molar-refractivity contribution is 0.182. The highest BCUT2D eigenvalue weighted by atomic mass is 35.5. The van der Waals surface area contributed by atoms with Crippen molar-refractivity contribution in [2.45, 2.75) is 11.0 Å². The third-order valence-electron chi connectivity index (χ3n) is 2.67. The number of hydrogen-bond donors (Lipinski definition) is 2. The van der Waals surface area contributed by atoms with Crippen molar-refractivity contribution >= 4 is 21.6 Å². The maximum atomic E-state index is 11.9. The number of aliphatic hydroxyl groups excluding tert-OH is 1. The van der Waals surface area contributed by atoms with E-state index in [1.54, 1.807) is 24.3 Å². The van der Waals surface area contributed by atoms with Gasteiger partial charge in [-0.15, -0.1) is 0 Å². The number of nitrogens with one attached hydrogen (secondary N) is 1. The Hall–Kier alpha value is -1.47. The highest BCUT2D eigenvalue weighted by Crippen LogP contribution is 2.16. The van der Waals surface area contributed by atoms with E-state index in [1.165, 1.54) is 24.5 Å². The first-order chi connectivity index (χ1) is 9.49. The topological polar surface area (TPSA) is 79.3 Å². The van der Waals surface area contributed by atoms with Crippen molar-refractivity contribution in [3.8, 4) is 0 Å². The molecule has 1 atom stereocenters. The van der Waals surface area contributed by atoms with Gasteiger partial charge in [0.25, 0.3) is 0 Å². The normalized spacial score (nSPS) is 13.1. The van der Waals surface area contributed by atoms with E-state index >= 15 is 0 Å². The molecule has 1 aromatic carbocycles. The number of hydrogen-bond acceptors (Lipinski definition) is 4. The van der Waals surface area contributed by atoms with Crippen molar-refractivity contribution in [2.75, 3.05) is 6.54 Å². The van der Waals surface area contributed by atoms with Gasteiger partial charge in [0, 0.05) is 24.0 Å². The summed E-state index contributed by atoms with van der Waals surface area (Å²) in [5.74, 6) is 0. The quantitative estimate of drug-likeness (QED) is 0.881. The van der Waals surface area contributed by atoms with E-state index in [9.17, 15) is 13.5 Å². The van der Waals surface area contributed by atoms with E-state index in [1.807, 2.05) is 0 Å². The Balaban J connectivity index is 2.03. The maximum absolute atomic E-state index is 11.9. The number of benzene rings is 1. The number of sulfonamides is 1. The number of aromatic nitrogens is 1. The monoisotopic (exact) mass is 312 g/mol. The van der Waals surface area contributed by atoms with Gasteiger partial charge in [0.2, 0.25) is 10.0 Å². The molecule has 2 N–H and O–H groups in total. The van der Waals surface area contributed by atoms with Crippen molar-refractivity contribution in [1.82, 2.24) is 9.71 Å². The van der Waals surface area contributed by atoms with Crippen LogP contribution in [0.15, 0.2) is 53.7 Å². The molecule has 0 amide bonds. The Kier molecular flexibility index (Phi) is 4.72. The zero-order valence-corrected chi connectivity index (χ0v) is 12.0. The van der Waals surface area contributed by atoms with Crippen LogP contribution < -0.4 is 4.72 Å². The fourth-order valence-electron chi connectivity index (χ4n) is 1.58. The SMILES string of the molecule is O=S(=O)(NCC(O)c1ccc(Cl)cc1)c1cccnc1. The van der Waals surface area contributed by atoms with Gasteiger partial charge in [-0.25, -0.2) is 13.1 Å². The van der Waals surface area contributed by atoms with Crippen LogP contribution in [-0.2, 0) is 10.0 Å². The Morgan fingerprint density at radius 2 is 1.95 bits per heavy atom. The fraction of sp³-hybridized carbons (Fsp3) is 0.154. The molecule has 0 bridgehead atoms. The third-order valence-corrected chi connectivity index (χ3v) is 4.33. The molecule has 0 saturated carbocycles. The average molecular weight is 313 g/mol. The van der Waals surface area contributed by atoms with E-state index in [2.05, 4.69) is 9.71 Å². The molecule has 0 radical (unpaired) electrons. The van der Waals surface area contributed by atoms with Crippen molar-refractivity contribution < 1.29 is 13.5 Å².